The summed E-state index contributed by atoms with van der Waals surface area (Å²) in [4.78, 5) is 28.2. The summed E-state index contributed by atoms with van der Waals surface area (Å²) in [5.41, 5.74) is 0.310. The van der Waals surface area contributed by atoms with Crippen LogP contribution >= 0.6 is 0 Å². The number of hydrogen-bond acceptors (Lipinski definition) is 5. The Hall–Kier alpha value is -2.28. The summed E-state index contributed by atoms with van der Waals surface area (Å²) in [7, 11) is 1.51. The fourth-order valence-electron chi connectivity index (χ4n) is 4.01. The topological polar surface area (TPSA) is 90.3 Å². The van der Waals surface area contributed by atoms with Gasteiger partial charge in [-0.3, -0.25) is 9.59 Å². The van der Waals surface area contributed by atoms with E-state index in [1.54, 1.807) is 21.9 Å². The number of phenolic OH excluding ortho intramolecular Hbond substituents is 1. The molecule has 0 saturated carbocycles. The zero-order valence-corrected chi connectivity index (χ0v) is 15.1. The van der Waals surface area contributed by atoms with Crippen molar-refractivity contribution in [1.29, 1.82) is 0 Å². The normalized spacial score (nSPS) is 19.7. The highest BCUT2D eigenvalue weighted by Crippen LogP contribution is 2.40. The number of likely N-dealkylation sites (tertiary alicyclic amines) is 2. The van der Waals surface area contributed by atoms with Gasteiger partial charge in [0.15, 0.2) is 0 Å². The van der Waals surface area contributed by atoms with E-state index < -0.39 is 0 Å². The molecule has 1 aromatic rings. The molecule has 3 rings (SSSR count). The minimum absolute atomic E-state index is 0.0246. The van der Waals surface area contributed by atoms with Crippen molar-refractivity contribution in [3.8, 4) is 11.5 Å². The summed E-state index contributed by atoms with van der Waals surface area (Å²) >= 11 is 0. The van der Waals surface area contributed by atoms with Gasteiger partial charge < -0.3 is 24.7 Å². The molecule has 2 heterocycles. The van der Waals surface area contributed by atoms with E-state index in [4.69, 9.17) is 9.84 Å². The SMILES string of the molecule is COc1ccc(C(=O)N2CCC3(CCC(=O)N(CCO)C3)CC2)c(O)c1. The molecular weight excluding hydrogens is 336 g/mol. The van der Waals surface area contributed by atoms with Crippen LogP contribution in [-0.2, 0) is 4.79 Å². The molecule has 2 fully saturated rings. The van der Waals surface area contributed by atoms with Crippen LogP contribution in [0.2, 0.25) is 0 Å². The Kier molecular flexibility index (Phi) is 5.36. The lowest BCUT2D eigenvalue weighted by Crippen LogP contribution is -2.52. The van der Waals surface area contributed by atoms with E-state index in [-0.39, 0.29) is 35.1 Å². The van der Waals surface area contributed by atoms with Gasteiger partial charge in [-0.1, -0.05) is 0 Å². The number of phenols is 1. The maximum absolute atomic E-state index is 12.7. The molecule has 7 heteroatoms. The number of amides is 2. The fraction of sp³-hybridized carbons (Fsp3) is 0.579. The molecule has 2 aliphatic rings. The Labute approximate surface area is 153 Å². The number of nitrogens with zero attached hydrogens (tertiary/aromatic N) is 2. The van der Waals surface area contributed by atoms with Crippen LogP contribution in [0, 0.1) is 5.41 Å². The number of carbonyl (C=O) groups is 2. The molecule has 2 amide bonds. The van der Waals surface area contributed by atoms with E-state index in [0.29, 0.717) is 38.3 Å². The molecule has 0 aliphatic carbocycles. The van der Waals surface area contributed by atoms with Gasteiger partial charge in [0.1, 0.15) is 11.5 Å². The molecule has 1 spiro atoms. The highest BCUT2D eigenvalue weighted by atomic mass is 16.5. The molecular formula is C19H26N2O5. The number of aliphatic hydroxyl groups excluding tert-OH is 1. The summed E-state index contributed by atoms with van der Waals surface area (Å²) < 4.78 is 5.05. The molecule has 0 radical (unpaired) electrons. The molecule has 2 aliphatic heterocycles. The van der Waals surface area contributed by atoms with E-state index in [9.17, 15) is 14.7 Å². The lowest BCUT2D eigenvalue weighted by molar-refractivity contribution is -0.139. The van der Waals surface area contributed by atoms with Gasteiger partial charge in [0.2, 0.25) is 5.91 Å². The summed E-state index contributed by atoms with van der Waals surface area (Å²) in [6.07, 6.45) is 2.99. The van der Waals surface area contributed by atoms with Gasteiger partial charge in [0, 0.05) is 38.7 Å². The smallest absolute Gasteiger partial charge is 0.257 e. The largest absolute Gasteiger partial charge is 0.507 e. The molecule has 26 heavy (non-hydrogen) atoms. The molecule has 142 valence electrons. The number of hydrogen-bond donors (Lipinski definition) is 2. The number of β-amino-alcohol motifs (C(OH)–C–C–N with tert-alkyl or cyclic N) is 1. The van der Waals surface area contributed by atoms with Crippen molar-refractivity contribution in [1.82, 2.24) is 9.80 Å². The van der Waals surface area contributed by atoms with Crippen molar-refractivity contribution < 1.29 is 24.5 Å². The third-order valence-corrected chi connectivity index (χ3v) is 5.66. The second-order valence-corrected chi connectivity index (χ2v) is 7.21. The Morgan fingerprint density at radius 2 is 2.00 bits per heavy atom. The number of ether oxygens (including phenoxy) is 1. The lowest BCUT2D eigenvalue weighted by atomic mass is 9.72. The van der Waals surface area contributed by atoms with E-state index in [2.05, 4.69) is 0 Å². The van der Waals surface area contributed by atoms with Crippen LogP contribution in [0.1, 0.15) is 36.0 Å². The van der Waals surface area contributed by atoms with Crippen molar-refractivity contribution in [2.45, 2.75) is 25.7 Å². The summed E-state index contributed by atoms with van der Waals surface area (Å²) in [6, 6.07) is 4.69. The number of rotatable bonds is 4. The van der Waals surface area contributed by atoms with E-state index in [1.807, 2.05) is 0 Å². The van der Waals surface area contributed by atoms with Crippen molar-refractivity contribution >= 4 is 11.8 Å². The standard InChI is InChI=1S/C19H26N2O5/c1-26-14-2-3-15(16(23)12-14)18(25)20-8-6-19(7-9-20)5-4-17(24)21(13-19)10-11-22/h2-3,12,22-23H,4-11,13H2,1H3. The fourth-order valence-corrected chi connectivity index (χ4v) is 4.01. The van der Waals surface area contributed by atoms with E-state index >= 15 is 0 Å². The van der Waals surface area contributed by atoms with Gasteiger partial charge in [-0.25, -0.2) is 0 Å². The first-order valence-electron chi connectivity index (χ1n) is 9.03. The quantitative estimate of drug-likeness (QED) is 0.841. The predicted octanol–water partition coefficient (Wildman–Crippen LogP) is 1.24. The maximum atomic E-state index is 12.7. The number of carbonyl (C=O) groups excluding carboxylic acids is 2. The van der Waals surface area contributed by atoms with E-state index in [0.717, 1.165) is 19.3 Å². The minimum Gasteiger partial charge on any atom is -0.507 e. The zero-order valence-electron chi connectivity index (χ0n) is 15.1. The second-order valence-electron chi connectivity index (χ2n) is 7.21. The van der Waals surface area contributed by atoms with Crippen LogP contribution in [0.25, 0.3) is 0 Å². The zero-order chi connectivity index (χ0) is 18.7. The number of aliphatic hydroxyl groups is 1. The van der Waals surface area contributed by atoms with Crippen LogP contribution in [0.15, 0.2) is 18.2 Å². The van der Waals surface area contributed by atoms with Crippen molar-refractivity contribution in [3.05, 3.63) is 23.8 Å². The maximum Gasteiger partial charge on any atom is 0.257 e. The Balaban J connectivity index is 1.65. The Morgan fingerprint density at radius 3 is 2.62 bits per heavy atom. The molecule has 2 N–H and O–H groups in total. The van der Waals surface area contributed by atoms with Crippen LogP contribution in [0.5, 0.6) is 11.5 Å². The van der Waals surface area contributed by atoms with Crippen molar-refractivity contribution in [3.63, 3.8) is 0 Å². The molecule has 0 bridgehead atoms. The summed E-state index contributed by atoms with van der Waals surface area (Å²) in [5.74, 6) is 0.352. The summed E-state index contributed by atoms with van der Waals surface area (Å²) in [6.45, 7) is 2.21. The van der Waals surface area contributed by atoms with Gasteiger partial charge in [0.25, 0.3) is 5.91 Å². The van der Waals surface area contributed by atoms with E-state index in [1.165, 1.54) is 13.2 Å². The highest BCUT2D eigenvalue weighted by molar-refractivity contribution is 5.97. The molecule has 1 aromatic carbocycles. The second kappa shape index (κ2) is 7.53. The first kappa shape index (κ1) is 18.5. The molecule has 7 nitrogen and oxygen atoms in total. The lowest BCUT2D eigenvalue weighted by Gasteiger charge is -2.47. The number of benzene rings is 1. The van der Waals surface area contributed by atoms with Gasteiger partial charge in [0.05, 0.1) is 19.3 Å². The van der Waals surface area contributed by atoms with Crippen LogP contribution in [0.3, 0.4) is 0 Å². The monoisotopic (exact) mass is 362 g/mol. The molecule has 0 atom stereocenters. The number of piperidine rings is 2. The van der Waals surface area contributed by atoms with Crippen molar-refractivity contribution in [2.75, 3.05) is 39.9 Å². The number of aromatic hydroxyl groups is 1. The highest BCUT2D eigenvalue weighted by Gasteiger charge is 2.41. The minimum atomic E-state index is -0.181. The van der Waals surface area contributed by atoms with Gasteiger partial charge in [-0.2, -0.15) is 0 Å². The van der Waals surface area contributed by atoms with Crippen molar-refractivity contribution in [2.24, 2.45) is 5.41 Å². The van der Waals surface area contributed by atoms with Crippen LogP contribution in [-0.4, -0.2) is 71.7 Å². The Bertz CT molecular complexity index is 683. The summed E-state index contributed by atoms with van der Waals surface area (Å²) in [5, 5.41) is 19.2. The van der Waals surface area contributed by atoms with Crippen LogP contribution in [0.4, 0.5) is 0 Å². The third-order valence-electron chi connectivity index (χ3n) is 5.66. The molecule has 2 saturated heterocycles. The molecule has 0 aromatic heterocycles. The third kappa shape index (κ3) is 3.62. The average molecular weight is 362 g/mol. The predicted molar refractivity (Wildman–Crippen MR) is 95.1 cm³/mol. The van der Waals surface area contributed by atoms with Gasteiger partial charge >= 0.3 is 0 Å². The first-order valence-corrected chi connectivity index (χ1v) is 9.03. The average Bonchev–Trinajstić information content (AvgIpc) is 2.65. The first-order chi connectivity index (χ1) is 12.5. The molecule has 0 unspecified atom stereocenters. The van der Waals surface area contributed by atoms with Gasteiger partial charge in [-0.15, -0.1) is 0 Å². The van der Waals surface area contributed by atoms with Gasteiger partial charge in [-0.05, 0) is 36.8 Å². The Morgan fingerprint density at radius 1 is 1.27 bits per heavy atom. The van der Waals surface area contributed by atoms with Crippen LogP contribution < -0.4 is 4.74 Å². The number of methoxy groups -OCH3 is 1.